The van der Waals surface area contributed by atoms with Crippen molar-refractivity contribution >= 4 is 23.5 Å². The Balaban J connectivity index is 1.77. The summed E-state index contributed by atoms with van der Waals surface area (Å²) in [5.41, 5.74) is 6.22. The van der Waals surface area contributed by atoms with Gasteiger partial charge in [0.25, 0.3) is 5.91 Å². The Morgan fingerprint density at radius 2 is 1.69 bits per heavy atom. The number of ketones is 1. The molecule has 2 saturated heterocycles. The molecule has 2 aliphatic heterocycles. The summed E-state index contributed by atoms with van der Waals surface area (Å²) in [5, 5.41) is 5.35. The molecular weight excluding hydrogens is 408 g/mol. The fourth-order valence-corrected chi connectivity index (χ4v) is 5.27. The monoisotopic (exact) mass is 446 g/mol. The van der Waals surface area contributed by atoms with Crippen LogP contribution in [0, 0.1) is 11.8 Å². The van der Waals surface area contributed by atoms with Gasteiger partial charge in [0.05, 0.1) is 12.1 Å². The Bertz CT molecular complexity index is 725. The SMILES string of the molecule is C=CCNC(=O)C(=O)[C@@H]1CCCCCCCCC[C@H](N)C(=O)N2C[C@@H]3CCC3[C@H]2C(=O)N1. The van der Waals surface area contributed by atoms with Crippen molar-refractivity contribution in [2.24, 2.45) is 17.6 Å². The zero-order valence-electron chi connectivity index (χ0n) is 19.0. The Kier molecular flexibility index (Phi) is 8.84. The Labute approximate surface area is 190 Å². The molecular formula is C24H38N4O4. The summed E-state index contributed by atoms with van der Waals surface area (Å²) in [6, 6.07) is -2.09. The fourth-order valence-electron chi connectivity index (χ4n) is 5.27. The highest BCUT2D eigenvalue weighted by Gasteiger charge is 2.52. The van der Waals surface area contributed by atoms with Gasteiger partial charge in [-0.05, 0) is 37.5 Å². The second-order valence-electron chi connectivity index (χ2n) is 9.52. The van der Waals surface area contributed by atoms with E-state index in [0.717, 1.165) is 57.8 Å². The minimum atomic E-state index is -0.884. The smallest absolute Gasteiger partial charge is 0.289 e. The van der Waals surface area contributed by atoms with E-state index in [9.17, 15) is 19.2 Å². The van der Waals surface area contributed by atoms with Gasteiger partial charge in [-0.3, -0.25) is 19.2 Å². The van der Waals surface area contributed by atoms with Gasteiger partial charge in [-0.1, -0.05) is 51.0 Å². The van der Waals surface area contributed by atoms with Crippen molar-refractivity contribution in [2.75, 3.05) is 13.1 Å². The van der Waals surface area contributed by atoms with Crippen LogP contribution in [0.4, 0.5) is 0 Å². The van der Waals surface area contributed by atoms with E-state index in [0.29, 0.717) is 25.3 Å². The lowest BCUT2D eigenvalue weighted by Crippen LogP contribution is -2.56. The third kappa shape index (κ3) is 5.77. The maximum Gasteiger partial charge on any atom is 0.289 e. The highest BCUT2D eigenvalue weighted by molar-refractivity contribution is 6.38. The standard InChI is InChI=1S/C24H38N4O4/c1-2-14-26-23(31)21(29)19-11-9-7-5-3-4-6-8-10-18(25)24(32)28-15-16-12-13-17(16)20(28)22(30)27-19/h2,16-20H,1,3-15,25H2,(H,26,31)(H,27,30)/t16-,17?,18-,19-,20-/m0/s1. The van der Waals surface area contributed by atoms with Gasteiger partial charge in [0, 0.05) is 13.1 Å². The number of nitrogens with one attached hydrogen (secondary N) is 2. The lowest BCUT2D eigenvalue weighted by molar-refractivity contribution is -0.143. The number of Topliss-reactive ketones (excluding diaryl/α,β-unsaturated/α-hetero) is 1. The minimum Gasteiger partial charge on any atom is -0.346 e. The number of carbonyl (C=O) groups is 4. The quantitative estimate of drug-likeness (QED) is 0.446. The van der Waals surface area contributed by atoms with Crippen molar-refractivity contribution in [1.82, 2.24) is 15.5 Å². The van der Waals surface area contributed by atoms with Gasteiger partial charge >= 0.3 is 0 Å². The highest BCUT2D eigenvalue weighted by atomic mass is 16.2. The first-order chi connectivity index (χ1) is 15.4. The van der Waals surface area contributed by atoms with Crippen molar-refractivity contribution in [3.63, 3.8) is 0 Å². The largest absolute Gasteiger partial charge is 0.346 e. The Morgan fingerprint density at radius 3 is 2.31 bits per heavy atom. The molecule has 3 aliphatic rings. The maximum absolute atomic E-state index is 13.3. The van der Waals surface area contributed by atoms with E-state index in [2.05, 4.69) is 17.2 Å². The lowest BCUT2D eigenvalue weighted by Gasteiger charge is -2.34. The van der Waals surface area contributed by atoms with Crippen LogP contribution in [-0.2, 0) is 19.2 Å². The molecule has 1 aliphatic carbocycles. The summed E-state index contributed by atoms with van der Waals surface area (Å²) in [5.74, 6) is -1.44. The normalized spacial score (nSPS) is 32.2. The fraction of sp³-hybridized carbons (Fsp3) is 0.750. The number of hydrogen-bond donors (Lipinski definition) is 3. The van der Waals surface area contributed by atoms with E-state index in [1.807, 2.05) is 0 Å². The van der Waals surface area contributed by atoms with Gasteiger partial charge in [-0.25, -0.2) is 0 Å². The molecule has 0 radical (unpaired) electrons. The summed E-state index contributed by atoms with van der Waals surface area (Å²) < 4.78 is 0. The predicted molar refractivity (Wildman–Crippen MR) is 121 cm³/mol. The van der Waals surface area contributed by atoms with Crippen LogP contribution >= 0.6 is 0 Å². The van der Waals surface area contributed by atoms with Crippen molar-refractivity contribution < 1.29 is 19.2 Å². The predicted octanol–water partition coefficient (Wildman–Crippen LogP) is 1.43. The molecule has 3 amide bonds. The maximum atomic E-state index is 13.3. The van der Waals surface area contributed by atoms with Gasteiger partial charge in [0.1, 0.15) is 6.04 Å². The van der Waals surface area contributed by atoms with E-state index in [4.69, 9.17) is 5.73 Å². The van der Waals surface area contributed by atoms with Gasteiger partial charge in [-0.15, -0.1) is 6.58 Å². The molecule has 178 valence electrons. The number of nitrogens with zero attached hydrogens (tertiary/aromatic N) is 1. The van der Waals surface area contributed by atoms with Gasteiger partial charge in [-0.2, -0.15) is 0 Å². The van der Waals surface area contributed by atoms with E-state index in [1.165, 1.54) is 6.08 Å². The average Bonchev–Trinajstić information content (AvgIpc) is 3.03. The van der Waals surface area contributed by atoms with E-state index in [1.54, 1.807) is 4.90 Å². The Hall–Kier alpha value is -2.22. The van der Waals surface area contributed by atoms with Crippen molar-refractivity contribution in [3.8, 4) is 0 Å². The van der Waals surface area contributed by atoms with Crippen LogP contribution in [0.5, 0.6) is 0 Å². The summed E-state index contributed by atoms with van der Waals surface area (Å²) in [6.45, 7) is 4.29. The molecule has 3 rings (SSSR count). The summed E-state index contributed by atoms with van der Waals surface area (Å²) >= 11 is 0. The first kappa shape index (κ1) is 24.4. The first-order valence-electron chi connectivity index (χ1n) is 12.2. The minimum absolute atomic E-state index is 0.107. The zero-order valence-corrected chi connectivity index (χ0v) is 19.0. The first-order valence-corrected chi connectivity index (χ1v) is 12.2. The van der Waals surface area contributed by atoms with Gasteiger partial charge in [0.2, 0.25) is 17.6 Å². The molecule has 8 nitrogen and oxygen atoms in total. The van der Waals surface area contributed by atoms with Crippen LogP contribution < -0.4 is 16.4 Å². The van der Waals surface area contributed by atoms with Crippen molar-refractivity contribution in [1.29, 1.82) is 0 Å². The molecule has 5 atom stereocenters. The molecule has 0 aromatic rings. The van der Waals surface area contributed by atoms with E-state index < -0.39 is 29.8 Å². The van der Waals surface area contributed by atoms with Crippen LogP contribution in [0.1, 0.15) is 70.6 Å². The number of fused-ring (bicyclic) bond motifs is 3. The second-order valence-corrected chi connectivity index (χ2v) is 9.52. The van der Waals surface area contributed by atoms with Gasteiger partial charge < -0.3 is 21.3 Å². The molecule has 4 N–H and O–H groups in total. The molecule has 0 bridgehead atoms. The molecule has 0 spiro atoms. The van der Waals surface area contributed by atoms with Crippen molar-refractivity contribution in [3.05, 3.63) is 12.7 Å². The molecule has 8 heteroatoms. The van der Waals surface area contributed by atoms with Crippen LogP contribution in [0.3, 0.4) is 0 Å². The third-order valence-electron chi connectivity index (χ3n) is 7.29. The average molecular weight is 447 g/mol. The Morgan fingerprint density at radius 1 is 1.03 bits per heavy atom. The topological polar surface area (TPSA) is 122 Å². The summed E-state index contributed by atoms with van der Waals surface area (Å²) in [7, 11) is 0. The zero-order chi connectivity index (χ0) is 23.1. The summed E-state index contributed by atoms with van der Waals surface area (Å²) in [4.78, 5) is 53.2. The van der Waals surface area contributed by atoms with E-state index in [-0.39, 0.29) is 24.3 Å². The molecule has 1 saturated carbocycles. The van der Waals surface area contributed by atoms with Crippen LogP contribution in [0.25, 0.3) is 0 Å². The van der Waals surface area contributed by atoms with Crippen LogP contribution in [-0.4, -0.2) is 59.6 Å². The number of hydrogen-bond acceptors (Lipinski definition) is 5. The summed E-state index contributed by atoms with van der Waals surface area (Å²) in [6.07, 6.45) is 11.3. The highest BCUT2D eigenvalue weighted by Crippen LogP contribution is 2.45. The molecule has 2 heterocycles. The molecule has 0 aromatic carbocycles. The molecule has 0 aromatic heterocycles. The number of nitrogens with two attached hydrogens (primary N) is 1. The number of amides is 3. The third-order valence-corrected chi connectivity index (χ3v) is 7.29. The number of carbonyl (C=O) groups excluding carboxylic acids is 4. The molecule has 32 heavy (non-hydrogen) atoms. The van der Waals surface area contributed by atoms with Crippen LogP contribution in [0.15, 0.2) is 12.7 Å². The second kappa shape index (κ2) is 11.6. The number of rotatable bonds is 4. The molecule has 3 fully saturated rings. The molecule has 1 unspecified atom stereocenters. The van der Waals surface area contributed by atoms with E-state index >= 15 is 0 Å². The van der Waals surface area contributed by atoms with Crippen LogP contribution in [0.2, 0.25) is 0 Å². The van der Waals surface area contributed by atoms with Gasteiger partial charge in [0.15, 0.2) is 0 Å². The lowest BCUT2D eigenvalue weighted by atomic mass is 9.73. The van der Waals surface area contributed by atoms with Crippen molar-refractivity contribution in [2.45, 2.75) is 88.8 Å².